The molecular formula is C16H21N3O3. The number of likely N-dealkylation sites (N-methyl/N-ethyl adjacent to an activating group) is 1. The van der Waals surface area contributed by atoms with E-state index in [-0.39, 0.29) is 12.5 Å². The van der Waals surface area contributed by atoms with Crippen LogP contribution in [0.4, 0.5) is 0 Å². The van der Waals surface area contributed by atoms with Crippen molar-refractivity contribution < 1.29 is 14.6 Å². The van der Waals surface area contributed by atoms with E-state index in [9.17, 15) is 9.90 Å². The lowest BCUT2D eigenvalue weighted by Gasteiger charge is -2.27. The van der Waals surface area contributed by atoms with E-state index in [0.717, 1.165) is 11.3 Å². The molecule has 1 aromatic carbocycles. The molecular weight excluding hydrogens is 282 g/mol. The van der Waals surface area contributed by atoms with Gasteiger partial charge in [0, 0.05) is 20.3 Å². The third-order valence-corrected chi connectivity index (χ3v) is 3.71. The first-order valence-electron chi connectivity index (χ1n) is 7.00. The van der Waals surface area contributed by atoms with E-state index in [4.69, 9.17) is 4.74 Å². The number of aryl methyl sites for hydroxylation is 2. The summed E-state index contributed by atoms with van der Waals surface area (Å²) in [6.07, 6.45) is 1.69. The minimum atomic E-state index is -0.419. The first-order chi connectivity index (χ1) is 10.5. The zero-order valence-corrected chi connectivity index (χ0v) is 13.3. The van der Waals surface area contributed by atoms with Crippen LogP contribution < -0.4 is 4.74 Å². The van der Waals surface area contributed by atoms with Gasteiger partial charge in [0.05, 0.1) is 31.0 Å². The SMILES string of the molecule is COc1ccc([C@@H](CO)N(C)C(=O)c2cn(C)nc2C)cc1. The number of carbonyl (C=O) groups is 1. The molecule has 0 radical (unpaired) electrons. The first kappa shape index (κ1) is 16.0. The first-order valence-corrected chi connectivity index (χ1v) is 7.00. The van der Waals surface area contributed by atoms with Gasteiger partial charge in [0.15, 0.2) is 0 Å². The zero-order chi connectivity index (χ0) is 16.3. The van der Waals surface area contributed by atoms with Crippen molar-refractivity contribution >= 4 is 5.91 Å². The van der Waals surface area contributed by atoms with Gasteiger partial charge in [0.1, 0.15) is 5.75 Å². The van der Waals surface area contributed by atoms with Crippen molar-refractivity contribution in [2.75, 3.05) is 20.8 Å². The van der Waals surface area contributed by atoms with Crippen molar-refractivity contribution in [1.82, 2.24) is 14.7 Å². The van der Waals surface area contributed by atoms with Gasteiger partial charge in [0.2, 0.25) is 0 Å². The standard InChI is InChI=1S/C16H21N3O3/c1-11-14(9-18(2)17-11)16(21)19(3)15(10-20)12-5-7-13(22-4)8-6-12/h5-9,15,20H,10H2,1-4H3/t15-/m1/s1. The van der Waals surface area contributed by atoms with Crippen LogP contribution in [0.15, 0.2) is 30.5 Å². The van der Waals surface area contributed by atoms with Crippen LogP contribution in [0.3, 0.4) is 0 Å². The van der Waals surface area contributed by atoms with Crippen molar-refractivity contribution in [2.24, 2.45) is 7.05 Å². The Labute approximate surface area is 129 Å². The zero-order valence-electron chi connectivity index (χ0n) is 13.3. The Morgan fingerprint density at radius 3 is 2.50 bits per heavy atom. The van der Waals surface area contributed by atoms with Crippen LogP contribution >= 0.6 is 0 Å². The second-order valence-corrected chi connectivity index (χ2v) is 5.19. The quantitative estimate of drug-likeness (QED) is 0.910. The minimum Gasteiger partial charge on any atom is -0.497 e. The Morgan fingerprint density at radius 1 is 1.41 bits per heavy atom. The molecule has 1 aromatic heterocycles. The highest BCUT2D eigenvalue weighted by Gasteiger charge is 2.24. The molecule has 2 rings (SSSR count). The second-order valence-electron chi connectivity index (χ2n) is 5.19. The number of rotatable bonds is 5. The molecule has 0 aliphatic carbocycles. The van der Waals surface area contributed by atoms with E-state index in [0.29, 0.717) is 11.3 Å². The van der Waals surface area contributed by atoms with Crippen LogP contribution in [0.25, 0.3) is 0 Å². The second kappa shape index (κ2) is 6.62. The number of carbonyl (C=O) groups excluding carboxylic acids is 1. The van der Waals surface area contributed by atoms with Crippen LogP contribution in [0.5, 0.6) is 5.75 Å². The van der Waals surface area contributed by atoms with Gasteiger partial charge in [-0.15, -0.1) is 0 Å². The molecule has 22 heavy (non-hydrogen) atoms. The number of aliphatic hydroxyl groups is 1. The van der Waals surface area contributed by atoms with E-state index < -0.39 is 6.04 Å². The average Bonchev–Trinajstić information content (AvgIpc) is 2.86. The molecule has 0 spiro atoms. The third-order valence-electron chi connectivity index (χ3n) is 3.71. The van der Waals surface area contributed by atoms with Gasteiger partial charge < -0.3 is 14.7 Å². The van der Waals surface area contributed by atoms with Gasteiger partial charge in [-0.2, -0.15) is 5.10 Å². The highest BCUT2D eigenvalue weighted by molar-refractivity contribution is 5.95. The Kier molecular flexibility index (Phi) is 4.82. The molecule has 1 atom stereocenters. The number of hydrogen-bond donors (Lipinski definition) is 1. The smallest absolute Gasteiger partial charge is 0.257 e. The number of nitrogens with zero attached hydrogens (tertiary/aromatic N) is 3. The van der Waals surface area contributed by atoms with E-state index in [1.807, 2.05) is 24.3 Å². The number of benzene rings is 1. The van der Waals surface area contributed by atoms with Gasteiger partial charge in [-0.05, 0) is 24.6 Å². The minimum absolute atomic E-state index is 0.159. The Morgan fingerprint density at radius 2 is 2.05 bits per heavy atom. The molecule has 2 aromatic rings. The summed E-state index contributed by atoms with van der Waals surface area (Å²) in [6.45, 7) is 1.64. The summed E-state index contributed by atoms with van der Waals surface area (Å²) in [5, 5.41) is 13.9. The van der Waals surface area contributed by atoms with Gasteiger partial charge in [-0.1, -0.05) is 12.1 Å². The van der Waals surface area contributed by atoms with Crippen molar-refractivity contribution in [3.63, 3.8) is 0 Å². The molecule has 118 valence electrons. The maximum atomic E-state index is 12.6. The van der Waals surface area contributed by atoms with E-state index in [1.54, 1.807) is 39.0 Å². The van der Waals surface area contributed by atoms with Gasteiger partial charge >= 0.3 is 0 Å². The summed E-state index contributed by atoms with van der Waals surface area (Å²) < 4.78 is 6.73. The lowest BCUT2D eigenvalue weighted by Crippen LogP contribution is -2.33. The van der Waals surface area contributed by atoms with E-state index in [1.165, 1.54) is 4.90 Å². The summed E-state index contributed by atoms with van der Waals surface area (Å²) in [4.78, 5) is 14.1. The van der Waals surface area contributed by atoms with Crippen LogP contribution in [0.1, 0.15) is 27.7 Å². The Balaban J connectivity index is 2.25. The average molecular weight is 303 g/mol. The molecule has 0 saturated heterocycles. The highest BCUT2D eigenvalue weighted by atomic mass is 16.5. The van der Waals surface area contributed by atoms with Crippen LogP contribution in [-0.2, 0) is 7.05 Å². The molecule has 1 N–H and O–H groups in total. The van der Waals surface area contributed by atoms with Crippen molar-refractivity contribution in [1.29, 1.82) is 0 Å². The molecule has 0 fully saturated rings. The molecule has 0 aliphatic heterocycles. The van der Waals surface area contributed by atoms with Crippen molar-refractivity contribution in [3.05, 3.63) is 47.3 Å². The predicted molar refractivity (Wildman–Crippen MR) is 82.9 cm³/mol. The van der Waals surface area contributed by atoms with E-state index in [2.05, 4.69) is 5.10 Å². The number of amides is 1. The van der Waals surface area contributed by atoms with Gasteiger partial charge in [-0.3, -0.25) is 9.48 Å². The summed E-state index contributed by atoms with van der Waals surface area (Å²) in [5.74, 6) is 0.568. The molecule has 0 aliphatic rings. The Hall–Kier alpha value is -2.34. The summed E-state index contributed by atoms with van der Waals surface area (Å²) in [5.41, 5.74) is 2.06. The van der Waals surface area contributed by atoms with Gasteiger partial charge in [-0.25, -0.2) is 0 Å². The lowest BCUT2D eigenvalue weighted by molar-refractivity contribution is 0.0657. The fraction of sp³-hybridized carbons (Fsp3) is 0.375. The fourth-order valence-corrected chi connectivity index (χ4v) is 2.42. The molecule has 6 nitrogen and oxygen atoms in total. The molecule has 1 amide bonds. The topological polar surface area (TPSA) is 67.6 Å². The molecule has 6 heteroatoms. The lowest BCUT2D eigenvalue weighted by atomic mass is 10.1. The molecule has 1 heterocycles. The maximum Gasteiger partial charge on any atom is 0.257 e. The highest BCUT2D eigenvalue weighted by Crippen LogP contribution is 2.23. The van der Waals surface area contributed by atoms with E-state index >= 15 is 0 Å². The summed E-state index contributed by atoms with van der Waals surface area (Å²) >= 11 is 0. The van der Waals surface area contributed by atoms with Crippen molar-refractivity contribution in [2.45, 2.75) is 13.0 Å². The molecule has 0 unspecified atom stereocenters. The van der Waals surface area contributed by atoms with Crippen LogP contribution in [-0.4, -0.2) is 46.5 Å². The summed E-state index contributed by atoms with van der Waals surface area (Å²) in [6, 6.07) is 6.90. The predicted octanol–water partition coefficient (Wildman–Crippen LogP) is 1.54. The third kappa shape index (κ3) is 3.12. The number of aromatic nitrogens is 2. The van der Waals surface area contributed by atoms with Gasteiger partial charge in [0.25, 0.3) is 5.91 Å². The van der Waals surface area contributed by atoms with Crippen LogP contribution in [0, 0.1) is 6.92 Å². The number of aliphatic hydroxyl groups excluding tert-OH is 1. The van der Waals surface area contributed by atoms with Crippen LogP contribution in [0.2, 0.25) is 0 Å². The number of methoxy groups -OCH3 is 1. The fourth-order valence-electron chi connectivity index (χ4n) is 2.42. The number of hydrogen-bond acceptors (Lipinski definition) is 4. The molecule has 0 bridgehead atoms. The summed E-state index contributed by atoms with van der Waals surface area (Å²) in [7, 11) is 5.05. The normalized spacial score (nSPS) is 12.0. The Bertz CT molecular complexity index is 649. The molecule has 0 saturated carbocycles. The number of ether oxygens (including phenoxy) is 1. The maximum absolute atomic E-state index is 12.6. The largest absolute Gasteiger partial charge is 0.497 e. The monoisotopic (exact) mass is 303 g/mol. The van der Waals surface area contributed by atoms with Crippen molar-refractivity contribution in [3.8, 4) is 5.75 Å².